The molecule has 3 rings (SSSR count). The molecule has 0 bridgehead atoms. The third-order valence-electron chi connectivity index (χ3n) is 3.54. The molecule has 0 fully saturated rings. The van der Waals surface area contributed by atoms with E-state index in [0.29, 0.717) is 6.42 Å². The van der Waals surface area contributed by atoms with Gasteiger partial charge in [-0.25, -0.2) is 4.68 Å². The molecule has 1 atom stereocenters. The monoisotopic (exact) mass is 255 g/mol. The quantitative estimate of drug-likeness (QED) is 0.896. The summed E-state index contributed by atoms with van der Waals surface area (Å²) in [5, 5.41) is 7.36. The Kier molecular flexibility index (Phi) is 2.85. The van der Waals surface area contributed by atoms with E-state index >= 15 is 0 Å². The van der Waals surface area contributed by atoms with Crippen molar-refractivity contribution in [2.45, 2.75) is 32.2 Å². The normalized spacial score (nSPS) is 18.3. The van der Waals surface area contributed by atoms with Crippen LogP contribution in [0, 0.1) is 0 Å². The zero-order valence-electron chi connectivity index (χ0n) is 11.1. The summed E-state index contributed by atoms with van der Waals surface area (Å²) < 4.78 is 1.88. The van der Waals surface area contributed by atoms with Crippen LogP contribution in [0.5, 0.6) is 0 Å². The molecule has 0 saturated carbocycles. The molecule has 1 aliphatic heterocycles. The van der Waals surface area contributed by atoms with Crippen molar-refractivity contribution in [2.24, 2.45) is 0 Å². The molecular formula is C15H17N3O. The molecule has 1 N–H and O–H groups in total. The maximum atomic E-state index is 11.9. The number of aromatic nitrogens is 2. The first-order valence-electron chi connectivity index (χ1n) is 6.59. The third-order valence-corrected chi connectivity index (χ3v) is 3.54. The van der Waals surface area contributed by atoms with Gasteiger partial charge in [0.15, 0.2) is 0 Å². The summed E-state index contributed by atoms with van der Waals surface area (Å²) in [6.45, 7) is 4.12. The number of hydrogen-bond acceptors (Lipinski definition) is 2. The minimum Gasteiger partial charge on any atom is -0.311 e. The van der Waals surface area contributed by atoms with Gasteiger partial charge < -0.3 is 5.32 Å². The number of anilines is 1. The fraction of sp³-hybridized carbons (Fsp3) is 0.333. The van der Waals surface area contributed by atoms with Gasteiger partial charge in [-0.1, -0.05) is 30.3 Å². The van der Waals surface area contributed by atoms with E-state index in [0.717, 1.165) is 11.4 Å². The molecule has 19 heavy (non-hydrogen) atoms. The predicted octanol–water partition coefficient (Wildman–Crippen LogP) is 2.94. The summed E-state index contributed by atoms with van der Waals surface area (Å²) in [5.41, 5.74) is 2.28. The summed E-state index contributed by atoms with van der Waals surface area (Å²) in [4.78, 5) is 11.9. The van der Waals surface area contributed by atoms with Crippen LogP contribution in [0.2, 0.25) is 0 Å². The Hall–Kier alpha value is -2.10. The Morgan fingerprint density at radius 1 is 1.32 bits per heavy atom. The number of hydrogen-bond donors (Lipinski definition) is 1. The van der Waals surface area contributed by atoms with Crippen molar-refractivity contribution >= 4 is 11.7 Å². The zero-order valence-corrected chi connectivity index (χ0v) is 11.1. The third kappa shape index (κ3) is 2.03. The smallest absolute Gasteiger partial charge is 0.226 e. The molecule has 0 aliphatic carbocycles. The molecule has 0 spiro atoms. The van der Waals surface area contributed by atoms with Crippen molar-refractivity contribution in [3.63, 3.8) is 0 Å². The number of carbonyl (C=O) groups is 1. The predicted molar refractivity (Wildman–Crippen MR) is 74.1 cm³/mol. The first-order valence-corrected chi connectivity index (χ1v) is 6.59. The highest BCUT2D eigenvalue weighted by Crippen LogP contribution is 2.37. The molecule has 2 heterocycles. The van der Waals surface area contributed by atoms with Crippen LogP contribution in [0.3, 0.4) is 0 Å². The molecular weight excluding hydrogens is 238 g/mol. The molecule has 98 valence electrons. The lowest BCUT2D eigenvalue weighted by atomic mass is 9.87. The molecule has 1 aromatic heterocycles. The van der Waals surface area contributed by atoms with Crippen molar-refractivity contribution in [3.05, 3.63) is 47.7 Å². The lowest BCUT2D eigenvalue weighted by molar-refractivity contribution is -0.116. The van der Waals surface area contributed by atoms with Crippen LogP contribution in [0.25, 0.3) is 0 Å². The molecule has 1 aromatic carbocycles. The number of nitrogens with one attached hydrogen (secondary N) is 1. The summed E-state index contributed by atoms with van der Waals surface area (Å²) in [6, 6.07) is 10.4. The number of amides is 1. The molecule has 4 heteroatoms. The largest absolute Gasteiger partial charge is 0.311 e. The van der Waals surface area contributed by atoms with Gasteiger partial charge in [0, 0.05) is 23.9 Å². The second-order valence-corrected chi connectivity index (χ2v) is 5.20. The average molecular weight is 255 g/mol. The first kappa shape index (κ1) is 12.0. The number of rotatable bonds is 2. The van der Waals surface area contributed by atoms with Crippen LogP contribution in [-0.4, -0.2) is 15.7 Å². The van der Waals surface area contributed by atoms with Gasteiger partial charge in [0.1, 0.15) is 5.82 Å². The van der Waals surface area contributed by atoms with Crippen LogP contribution in [0.4, 0.5) is 5.82 Å². The molecule has 4 nitrogen and oxygen atoms in total. The fourth-order valence-electron chi connectivity index (χ4n) is 2.61. The van der Waals surface area contributed by atoms with Gasteiger partial charge in [-0.3, -0.25) is 4.79 Å². The number of benzene rings is 1. The van der Waals surface area contributed by atoms with Crippen LogP contribution < -0.4 is 5.32 Å². The lowest BCUT2D eigenvalue weighted by Gasteiger charge is -2.24. The summed E-state index contributed by atoms with van der Waals surface area (Å²) in [5.74, 6) is 1.02. The number of fused-ring (bicyclic) bond motifs is 1. The number of carbonyl (C=O) groups excluding carboxylic acids is 1. The molecule has 1 amide bonds. The second kappa shape index (κ2) is 4.53. The maximum Gasteiger partial charge on any atom is 0.226 e. The highest BCUT2D eigenvalue weighted by atomic mass is 16.1. The van der Waals surface area contributed by atoms with E-state index in [9.17, 15) is 4.79 Å². The van der Waals surface area contributed by atoms with E-state index in [-0.39, 0.29) is 17.9 Å². The Morgan fingerprint density at radius 3 is 2.74 bits per heavy atom. The standard InChI is InChI=1S/C15H17N3O/c1-10(2)18-15-13(9-16-18)12(8-14(19)17-15)11-6-4-3-5-7-11/h3-7,9-10,12H,8H2,1-2H3,(H,17,19). The van der Waals surface area contributed by atoms with Crippen molar-refractivity contribution in [1.82, 2.24) is 9.78 Å². The van der Waals surface area contributed by atoms with E-state index in [1.165, 1.54) is 5.56 Å². The Balaban J connectivity index is 2.09. The molecule has 1 aliphatic rings. The topological polar surface area (TPSA) is 46.9 Å². The number of nitrogens with zero attached hydrogens (tertiary/aromatic N) is 2. The molecule has 0 radical (unpaired) electrons. The zero-order chi connectivity index (χ0) is 13.4. The summed E-state index contributed by atoms with van der Waals surface area (Å²) in [7, 11) is 0. The van der Waals surface area contributed by atoms with E-state index in [4.69, 9.17) is 0 Å². The van der Waals surface area contributed by atoms with Gasteiger partial charge in [0.2, 0.25) is 5.91 Å². The van der Waals surface area contributed by atoms with Gasteiger partial charge in [-0.2, -0.15) is 5.10 Å². The fourth-order valence-corrected chi connectivity index (χ4v) is 2.61. The van der Waals surface area contributed by atoms with Crippen molar-refractivity contribution in [2.75, 3.05) is 5.32 Å². The van der Waals surface area contributed by atoms with Gasteiger partial charge >= 0.3 is 0 Å². The Bertz CT molecular complexity index is 601. The highest BCUT2D eigenvalue weighted by Gasteiger charge is 2.30. The SMILES string of the molecule is CC(C)n1ncc2c1NC(=O)CC2c1ccccc1. The van der Waals surface area contributed by atoms with Crippen LogP contribution >= 0.6 is 0 Å². The van der Waals surface area contributed by atoms with Crippen LogP contribution in [0.1, 0.15) is 43.4 Å². The van der Waals surface area contributed by atoms with Crippen molar-refractivity contribution < 1.29 is 4.79 Å². The Labute approximate surface area is 112 Å². The lowest BCUT2D eigenvalue weighted by Crippen LogP contribution is -2.25. The van der Waals surface area contributed by atoms with E-state index in [1.54, 1.807) is 0 Å². The first-order chi connectivity index (χ1) is 9.16. The van der Waals surface area contributed by atoms with Crippen LogP contribution in [-0.2, 0) is 4.79 Å². The summed E-state index contributed by atoms with van der Waals surface area (Å²) in [6.07, 6.45) is 2.37. The van der Waals surface area contributed by atoms with E-state index in [1.807, 2.05) is 29.1 Å². The van der Waals surface area contributed by atoms with Gasteiger partial charge in [0.25, 0.3) is 0 Å². The van der Waals surface area contributed by atoms with E-state index < -0.39 is 0 Å². The molecule has 0 saturated heterocycles. The van der Waals surface area contributed by atoms with Gasteiger partial charge in [0.05, 0.1) is 6.20 Å². The minimum absolute atomic E-state index is 0.0590. The highest BCUT2D eigenvalue weighted by molar-refractivity contribution is 5.94. The van der Waals surface area contributed by atoms with Gasteiger partial charge in [-0.05, 0) is 19.4 Å². The molecule has 1 unspecified atom stereocenters. The van der Waals surface area contributed by atoms with Crippen molar-refractivity contribution in [3.8, 4) is 0 Å². The van der Waals surface area contributed by atoms with Crippen molar-refractivity contribution in [1.29, 1.82) is 0 Å². The maximum absolute atomic E-state index is 11.9. The summed E-state index contributed by atoms with van der Waals surface area (Å²) >= 11 is 0. The van der Waals surface area contributed by atoms with Crippen LogP contribution in [0.15, 0.2) is 36.5 Å². The Morgan fingerprint density at radius 2 is 2.05 bits per heavy atom. The van der Waals surface area contributed by atoms with Gasteiger partial charge in [-0.15, -0.1) is 0 Å². The average Bonchev–Trinajstić information content (AvgIpc) is 2.82. The second-order valence-electron chi connectivity index (χ2n) is 5.20. The molecule has 2 aromatic rings. The van der Waals surface area contributed by atoms with E-state index in [2.05, 4.69) is 36.4 Å². The minimum atomic E-state index is 0.0590.